The molecule has 1 saturated carbocycles. The molecule has 2 aliphatic carbocycles. The van der Waals surface area contributed by atoms with Crippen molar-refractivity contribution in [2.24, 2.45) is 0 Å². The number of carbonyl (C=O) groups is 4. The van der Waals surface area contributed by atoms with Crippen molar-refractivity contribution < 1.29 is 28.7 Å². The summed E-state index contributed by atoms with van der Waals surface area (Å²) in [6, 6.07) is 25.3. The summed E-state index contributed by atoms with van der Waals surface area (Å²) in [5.41, 5.74) is 7.22. The lowest BCUT2D eigenvalue weighted by Crippen LogP contribution is -2.43. The summed E-state index contributed by atoms with van der Waals surface area (Å²) in [7, 11) is 0. The van der Waals surface area contributed by atoms with Crippen LogP contribution in [-0.2, 0) is 31.9 Å². The van der Waals surface area contributed by atoms with Gasteiger partial charge in [0.1, 0.15) is 11.2 Å². The largest absolute Gasteiger partial charge is 0.444 e. The number of ether oxygens (including phenoxy) is 2. The Morgan fingerprint density at radius 3 is 1.33 bits per heavy atom. The molecule has 0 bridgehead atoms. The molecule has 3 fully saturated rings. The molecule has 0 spiro atoms. The van der Waals surface area contributed by atoms with Crippen molar-refractivity contribution in [2.75, 3.05) is 13.1 Å². The van der Waals surface area contributed by atoms with Gasteiger partial charge in [-0.15, -0.1) is 0 Å². The summed E-state index contributed by atoms with van der Waals surface area (Å²) in [6.45, 7) is 12.1. The maximum absolute atomic E-state index is 13.5. The number of Topliss-reactive ketones (excluding diaryl/α,β-unsaturated/α-hetero) is 2. The predicted octanol–water partition coefficient (Wildman–Crippen LogP) is 10.3. The van der Waals surface area contributed by atoms with Gasteiger partial charge in [-0.2, -0.15) is 0 Å². The molecule has 57 heavy (non-hydrogen) atoms. The summed E-state index contributed by atoms with van der Waals surface area (Å²) in [4.78, 5) is 55.9. The van der Waals surface area contributed by atoms with Crippen molar-refractivity contribution >= 4 is 29.3 Å². The zero-order chi connectivity index (χ0) is 40.5. The molecule has 0 N–H and O–H groups in total. The van der Waals surface area contributed by atoms with Crippen molar-refractivity contribution in [3.8, 4) is 0 Å². The number of benzene rings is 3. The van der Waals surface area contributed by atoms with Gasteiger partial charge in [-0.05, 0) is 150 Å². The first-order chi connectivity index (χ1) is 27.1. The minimum Gasteiger partial charge on any atom is -0.444 e. The fraction of sp³-hybridized carbons (Fsp3) is 0.510. The molecule has 8 nitrogen and oxygen atoms in total. The van der Waals surface area contributed by atoms with Crippen LogP contribution in [0.1, 0.15) is 144 Å². The molecular formula is C49H60N2O6. The molecule has 2 unspecified atom stereocenters. The Morgan fingerprint density at radius 2 is 0.965 bits per heavy atom. The van der Waals surface area contributed by atoms with Gasteiger partial charge in [0.15, 0.2) is 11.6 Å². The monoisotopic (exact) mass is 772 g/mol. The number of rotatable bonds is 10. The van der Waals surface area contributed by atoms with E-state index >= 15 is 0 Å². The molecule has 3 aromatic carbocycles. The van der Waals surface area contributed by atoms with Crippen LogP contribution >= 0.6 is 0 Å². The molecule has 4 atom stereocenters. The van der Waals surface area contributed by atoms with Crippen LogP contribution in [0, 0.1) is 0 Å². The van der Waals surface area contributed by atoms with E-state index < -0.39 is 35.5 Å². The molecule has 0 aromatic heterocycles. The van der Waals surface area contributed by atoms with E-state index in [9.17, 15) is 19.2 Å². The minimum absolute atomic E-state index is 0.0468. The van der Waals surface area contributed by atoms with Gasteiger partial charge in [0, 0.05) is 25.9 Å². The summed E-state index contributed by atoms with van der Waals surface area (Å²) < 4.78 is 11.2. The van der Waals surface area contributed by atoms with Crippen LogP contribution < -0.4 is 0 Å². The zero-order valence-corrected chi connectivity index (χ0v) is 34.7. The van der Waals surface area contributed by atoms with Gasteiger partial charge in [-0.25, -0.2) is 9.59 Å². The van der Waals surface area contributed by atoms with Gasteiger partial charge in [-0.1, -0.05) is 78.9 Å². The van der Waals surface area contributed by atoms with Gasteiger partial charge < -0.3 is 9.47 Å². The lowest BCUT2D eigenvalue weighted by molar-refractivity contribution is -0.123. The zero-order valence-electron chi connectivity index (χ0n) is 34.7. The molecule has 3 aromatic rings. The molecule has 7 rings (SSSR count). The molecule has 2 aliphatic heterocycles. The molecule has 302 valence electrons. The first-order valence-electron chi connectivity index (χ1n) is 21.2. The molecule has 2 amide bonds. The fourth-order valence-electron chi connectivity index (χ4n) is 9.21. The average Bonchev–Trinajstić information content (AvgIpc) is 3.46. The van der Waals surface area contributed by atoms with Crippen molar-refractivity contribution in [3.05, 3.63) is 112 Å². The van der Waals surface area contributed by atoms with E-state index in [4.69, 9.17) is 9.47 Å². The van der Waals surface area contributed by atoms with Gasteiger partial charge in [-0.3, -0.25) is 19.4 Å². The van der Waals surface area contributed by atoms with E-state index in [1.807, 2.05) is 41.5 Å². The van der Waals surface area contributed by atoms with E-state index in [-0.39, 0.29) is 36.2 Å². The van der Waals surface area contributed by atoms with Gasteiger partial charge in [0.2, 0.25) is 0 Å². The van der Waals surface area contributed by atoms with Crippen LogP contribution in [0.25, 0.3) is 5.57 Å². The molecule has 8 heteroatoms. The SMILES string of the molecule is CC(C)(C)OC(=O)N1CCC[C@H]1C(=O)Cc1ccc(C2C(c3ccc(CC(=O)[C@@H]4CCCN4C(=O)OC(C)(C)C)cc3)C2c2ccc(C3=CCCCC3)cc2)cc1. The van der Waals surface area contributed by atoms with E-state index in [0.717, 1.165) is 36.8 Å². The smallest absolute Gasteiger partial charge is 0.410 e. The second-order valence-electron chi connectivity index (χ2n) is 18.6. The third-order valence-corrected chi connectivity index (χ3v) is 12.0. The van der Waals surface area contributed by atoms with Gasteiger partial charge >= 0.3 is 12.2 Å². The topological polar surface area (TPSA) is 93.2 Å². The number of allylic oxidation sites excluding steroid dienone is 2. The highest BCUT2D eigenvalue weighted by atomic mass is 16.6. The number of carbonyl (C=O) groups excluding carboxylic acids is 4. The Balaban J connectivity index is 1.06. The second-order valence-corrected chi connectivity index (χ2v) is 18.6. The Labute approximate surface area is 339 Å². The van der Waals surface area contributed by atoms with Crippen molar-refractivity contribution in [3.63, 3.8) is 0 Å². The summed E-state index contributed by atoms with van der Waals surface area (Å²) in [5.74, 6) is 0.915. The van der Waals surface area contributed by atoms with Crippen LogP contribution in [0.5, 0.6) is 0 Å². The maximum atomic E-state index is 13.5. The van der Waals surface area contributed by atoms with Gasteiger partial charge in [0.05, 0.1) is 12.1 Å². The lowest BCUT2D eigenvalue weighted by atomic mass is 9.92. The normalized spacial score (nSPS) is 23.5. The van der Waals surface area contributed by atoms with Crippen molar-refractivity contribution in [1.29, 1.82) is 0 Å². The van der Waals surface area contributed by atoms with Crippen LogP contribution in [0.2, 0.25) is 0 Å². The molecular weight excluding hydrogens is 713 g/mol. The maximum Gasteiger partial charge on any atom is 0.410 e. The molecule has 4 aliphatic rings. The summed E-state index contributed by atoms with van der Waals surface area (Å²) in [5, 5.41) is 0. The van der Waals surface area contributed by atoms with Crippen LogP contribution in [0.3, 0.4) is 0 Å². The Morgan fingerprint density at radius 1 is 0.561 bits per heavy atom. The number of ketones is 2. The Hall–Kier alpha value is -4.72. The predicted molar refractivity (Wildman–Crippen MR) is 223 cm³/mol. The lowest BCUT2D eigenvalue weighted by Gasteiger charge is -2.28. The molecule has 2 heterocycles. The van der Waals surface area contributed by atoms with Crippen LogP contribution in [0.15, 0.2) is 78.9 Å². The number of hydrogen-bond donors (Lipinski definition) is 0. The summed E-state index contributed by atoms with van der Waals surface area (Å²) in [6.07, 6.45) is 9.82. The van der Waals surface area contributed by atoms with E-state index in [2.05, 4.69) is 78.9 Å². The second kappa shape index (κ2) is 16.6. The first kappa shape index (κ1) is 40.5. The highest BCUT2D eigenvalue weighted by molar-refractivity contribution is 5.90. The average molecular weight is 773 g/mol. The number of likely N-dealkylation sites (tertiary alicyclic amines) is 2. The Bertz CT molecular complexity index is 1860. The first-order valence-corrected chi connectivity index (χ1v) is 21.2. The highest BCUT2D eigenvalue weighted by Gasteiger charge is 2.52. The third kappa shape index (κ3) is 9.70. The summed E-state index contributed by atoms with van der Waals surface area (Å²) >= 11 is 0. The van der Waals surface area contributed by atoms with Crippen molar-refractivity contribution in [2.45, 2.75) is 147 Å². The van der Waals surface area contributed by atoms with Crippen LogP contribution in [0.4, 0.5) is 9.59 Å². The Kier molecular flexibility index (Phi) is 11.8. The fourth-order valence-corrected chi connectivity index (χ4v) is 9.21. The number of hydrogen-bond acceptors (Lipinski definition) is 6. The minimum atomic E-state index is -0.611. The number of amides is 2. The number of nitrogens with zero attached hydrogens (tertiary/aromatic N) is 2. The van der Waals surface area contributed by atoms with E-state index in [1.165, 1.54) is 40.7 Å². The van der Waals surface area contributed by atoms with E-state index in [0.29, 0.717) is 31.8 Å². The quantitative estimate of drug-likeness (QED) is 0.204. The molecule has 0 radical (unpaired) electrons. The molecule has 2 saturated heterocycles. The van der Waals surface area contributed by atoms with Crippen molar-refractivity contribution in [1.82, 2.24) is 9.80 Å². The third-order valence-electron chi connectivity index (χ3n) is 12.0. The van der Waals surface area contributed by atoms with E-state index in [1.54, 1.807) is 9.80 Å². The standard InChI is InChI=1S/C49H60N2O6/c1-48(2,3)56-46(54)50-28-10-14-39(50)41(52)30-32-16-20-36(21-17-32)43-44(45(43)38-26-24-35(25-27-38)34-12-8-7-9-13-34)37-22-18-33(19-23-37)31-42(53)40-15-11-29-51(40)47(55)57-49(4,5)6/h12,16-27,39-40,43-45H,7-11,13-15,28-31H2,1-6H3/t39-,40-,43?,44?,45?/m0/s1. The van der Waals surface area contributed by atoms with Gasteiger partial charge in [0.25, 0.3) is 0 Å². The van der Waals surface area contributed by atoms with Crippen LogP contribution in [-0.4, -0.2) is 69.9 Å². The highest BCUT2D eigenvalue weighted by Crippen LogP contribution is 2.66.